The summed E-state index contributed by atoms with van der Waals surface area (Å²) in [7, 11) is 0. The van der Waals surface area contributed by atoms with Crippen LogP contribution in [-0.4, -0.2) is 15.2 Å². The molecule has 0 bridgehead atoms. The highest BCUT2D eigenvalue weighted by atomic mass is 35.5. The Labute approximate surface area is 90.9 Å². The van der Waals surface area contributed by atoms with Crippen LogP contribution in [0, 0.1) is 12.7 Å². The highest BCUT2D eigenvalue weighted by molar-refractivity contribution is 6.31. The second-order valence-electron chi connectivity index (χ2n) is 3.06. The molecule has 1 aromatic heterocycles. The van der Waals surface area contributed by atoms with Gasteiger partial charge in [-0.15, -0.1) is 10.2 Å². The molecule has 0 saturated carbocycles. The van der Waals surface area contributed by atoms with Crippen molar-refractivity contribution in [1.82, 2.24) is 15.2 Å². The van der Waals surface area contributed by atoms with E-state index < -0.39 is 0 Å². The Balaban J connectivity index is 2.55. The van der Waals surface area contributed by atoms with E-state index in [0.717, 1.165) is 0 Å². The molecule has 0 aliphatic heterocycles. The zero-order valence-corrected chi connectivity index (χ0v) is 8.66. The Morgan fingerprint density at radius 3 is 2.80 bits per heavy atom. The van der Waals surface area contributed by atoms with Crippen LogP contribution in [0.1, 0.15) is 5.56 Å². The minimum absolute atomic E-state index is 0.258. The predicted octanol–water partition coefficient (Wildman–Crippen LogP) is 2.64. The van der Waals surface area contributed by atoms with Gasteiger partial charge < -0.3 is 0 Å². The van der Waals surface area contributed by atoms with Gasteiger partial charge in [0.05, 0.1) is 0 Å². The molecule has 0 aliphatic rings. The molecule has 1 aromatic carbocycles. The van der Waals surface area contributed by atoms with Crippen molar-refractivity contribution in [2.75, 3.05) is 0 Å². The molecule has 0 aliphatic carbocycles. The molecule has 0 saturated heterocycles. The van der Waals surface area contributed by atoms with Crippen LogP contribution in [0.5, 0.6) is 0 Å². The zero-order chi connectivity index (χ0) is 10.8. The Morgan fingerprint density at radius 2 is 2.13 bits per heavy atom. The monoisotopic (exact) mass is 223 g/mol. The van der Waals surface area contributed by atoms with Crippen LogP contribution in [0.4, 0.5) is 4.39 Å². The molecule has 3 nitrogen and oxygen atoms in total. The van der Waals surface area contributed by atoms with Crippen molar-refractivity contribution in [2.45, 2.75) is 6.92 Å². The Morgan fingerprint density at radius 1 is 1.33 bits per heavy atom. The van der Waals surface area contributed by atoms with Gasteiger partial charge in [-0.05, 0) is 30.7 Å². The van der Waals surface area contributed by atoms with Crippen LogP contribution < -0.4 is 0 Å². The van der Waals surface area contributed by atoms with E-state index >= 15 is 0 Å². The van der Waals surface area contributed by atoms with Gasteiger partial charge in [0, 0.05) is 5.56 Å². The number of hydrogen-bond acceptors (Lipinski definition) is 3. The van der Waals surface area contributed by atoms with E-state index in [9.17, 15) is 4.39 Å². The fourth-order valence-corrected chi connectivity index (χ4v) is 1.42. The normalized spacial score (nSPS) is 10.3. The summed E-state index contributed by atoms with van der Waals surface area (Å²) in [6.45, 7) is 1.68. The number of hydrogen-bond donors (Lipinski definition) is 0. The van der Waals surface area contributed by atoms with Crippen molar-refractivity contribution in [3.63, 3.8) is 0 Å². The summed E-state index contributed by atoms with van der Waals surface area (Å²) in [6.07, 6.45) is 1.27. The van der Waals surface area contributed by atoms with E-state index in [1.807, 2.05) is 0 Å². The zero-order valence-electron chi connectivity index (χ0n) is 7.91. The summed E-state index contributed by atoms with van der Waals surface area (Å²) in [6, 6.07) is 4.63. The summed E-state index contributed by atoms with van der Waals surface area (Å²) in [5.74, 6) is -0.258. The lowest BCUT2D eigenvalue weighted by Crippen LogP contribution is -1.92. The standard InChI is InChI=1S/C10H7ClFN3/c1-6-4-7(2-3-8(6)12)9-10(11)13-5-14-15-9/h2-5H,1H3. The van der Waals surface area contributed by atoms with Crippen molar-refractivity contribution in [3.8, 4) is 11.3 Å². The number of aromatic nitrogens is 3. The average molecular weight is 224 g/mol. The van der Waals surface area contributed by atoms with Gasteiger partial charge in [-0.25, -0.2) is 9.37 Å². The van der Waals surface area contributed by atoms with E-state index in [2.05, 4.69) is 15.2 Å². The molecule has 0 N–H and O–H groups in total. The summed E-state index contributed by atoms with van der Waals surface area (Å²) in [5.41, 5.74) is 1.70. The van der Waals surface area contributed by atoms with E-state index in [1.54, 1.807) is 19.1 Å². The molecule has 2 rings (SSSR count). The Bertz CT molecular complexity index is 502. The minimum atomic E-state index is -0.258. The lowest BCUT2D eigenvalue weighted by molar-refractivity contribution is 0.618. The van der Waals surface area contributed by atoms with Crippen molar-refractivity contribution < 1.29 is 4.39 Å². The number of halogens is 2. The highest BCUT2D eigenvalue weighted by Gasteiger charge is 2.07. The number of benzene rings is 1. The molecule has 0 fully saturated rings. The minimum Gasteiger partial charge on any atom is -0.220 e. The number of rotatable bonds is 1. The molecule has 0 unspecified atom stereocenters. The second-order valence-corrected chi connectivity index (χ2v) is 3.42. The number of aryl methyl sites for hydroxylation is 1. The molecule has 0 amide bonds. The van der Waals surface area contributed by atoms with Crippen LogP contribution in [-0.2, 0) is 0 Å². The molecule has 0 radical (unpaired) electrons. The van der Waals surface area contributed by atoms with Crippen molar-refractivity contribution in [1.29, 1.82) is 0 Å². The molecule has 15 heavy (non-hydrogen) atoms. The fourth-order valence-electron chi connectivity index (χ4n) is 1.23. The summed E-state index contributed by atoms with van der Waals surface area (Å²) >= 11 is 5.84. The lowest BCUT2D eigenvalue weighted by atomic mass is 10.1. The van der Waals surface area contributed by atoms with Crippen LogP contribution >= 0.6 is 11.6 Å². The summed E-state index contributed by atoms with van der Waals surface area (Å²) < 4.78 is 13.0. The van der Waals surface area contributed by atoms with Gasteiger partial charge in [0.15, 0.2) is 5.15 Å². The van der Waals surface area contributed by atoms with E-state index in [-0.39, 0.29) is 11.0 Å². The third kappa shape index (κ3) is 1.94. The van der Waals surface area contributed by atoms with Crippen molar-refractivity contribution >= 4 is 11.6 Å². The summed E-state index contributed by atoms with van der Waals surface area (Å²) in [5, 5.41) is 7.75. The van der Waals surface area contributed by atoms with Gasteiger partial charge in [-0.2, -0.15) is 0 Å². The van der Waals surface area contributed by atoms with E-state index in [4.69, 9.17) is 11.6 Å². The van der Waals surface area contributed by atoms with Gasteiger partial charge in [0.1, 0.15) is 17.8 Å². The van der Waals surface area contributed by atoms with Crippen LogP contribution in [0.25, 0.3) is 11.3 Å². The topological polar surface area (TPSA) is 38.7 Å². The summed E-state index contributed by atoms with van der Waals surface area (Å²) in [4.78, 5) is 3.81. The maximum Gasteiger partial charge on any atom is 0.159 e. The van der Waals surface area contributed by atoms with Crippen LogP contribution in [0.3, 0.4) is 0 Å². The van der Waals surface area contributed by atoms with Gasteiger partial charge in [-0.3, -0.25) is 0 Å². The smallest absolute Gasteiger partial charge is 0.159 e. The largest absolute Gasteiger partial charge is 0.220 e. The molecule has 0 spiro atoms. The molecular weight excluding hydrogens is 217 g/mol. The first-order chi connectivity index (χ1) is 7.18. The fraction of sp³-hybridized carbons (Fsp3) is 0.100. The van der Waals surface area contributed by atoms with Gasteiger partial charge in [-0.1, -0.05) is 11.6 Å². The third-order valence-corrected chi connectivity index (χ3v) is 2.28. The molecule has 0 atom stereocenters. The first-order valence-electron chi connectivity index (χ1n) is 4.28. The third-order valence-electron chi connectivity index (χ3n) is 2.01. The Kier molecular flexibility index (Phi) is 2.60. The maximum absolute atomic E-state index is 13.0. The molecular formula is C10H7ClFN3. The van der Waals surface area contributed by atoms with Crippen LogP contribution in [0.15, 0.2) is 24.5 Å². The lowest BCUT2D eigenvalue weighted by Gasteiger charge is -2.02. The van der Waals surface area contributed by atoms with E-state index in [0.29, 0.717) is 16.8 Å². The average Bonchev–Trinajstić information content (AvgIpc) is 2.23. The second kappa shape index (κ2) is 3.90. The van der Waals surface area contributed by atoms with Crippen LogP contribution in [0.2, 0.25) is 5.15 Å². The first kappa shape index (κ1) is 9.98. The molecule has 1 heterocycles. The van der Waals surface area contributed by atoms with Gasteiger partial charge in [0.2, 0.25) is 0 Å². The molecule has 2 aromatic rings. The van der Waals surface area contributed by atoms with Gasteiger partial charge >= 0.3 is 0 Å². The number of nitrogens with zero attached hydrogens (tertiary/aromatic N) is 3. The van der Waals surface area contributed by atoms with Crippen molar-refractivity contribution in [2.24, 2.45) is 0 Å². The molecule has 76 valence electrons. The van der Waals surface area contributed by atoms with Crippen molar-refractivity contribution in [3.05, 3.63) is 41.1 Å². The highest BCUT2D eigenvalue weighted by Crippen LogP contribution is 2.24. The first-order valence-corrected chi connectivity index (χ1v) is 4.66. The maximum atomic E-state index is 13.0. The SMILES string of the molecule is Cc1cc(-c2nncnc2Cl)ccc1F. The van der Waals surface area contributed by atoms with E-state index in [1.165, 1.54) is 12.4 Å². The predicted molar refractivity (Wildman–Crippen MR) is 55.0 cm³/mol. The molecule has 5 heteroatoms. The quantitative estimate of drug-likeness (QED) is 0.746. The van der Waals surface area contributed by atoms with Gasteiger partial charge in [0.25, 0.3) is 0 Å². The Hall–Kier alpha value is -1.55.